The topological polar surface area (TPSA) is 25.2 Å². The van der Waals surface area contributed by atoms with E-state index in [0.29, 0.717) is 17.9 Å². The van der Waals surface area contributed by atoms with E-state index in [1.807, 2.05) is 12.3 Å². The number of hydrogen-bond donors (Lipinski definition) is 1. The zero-order valence-electron chi connectivity index (χ0n) is 13.0. The molecule has 0 aliphatic heterocycles. The van der Waals surface area contributed by atoms with E-state index in [9.17, 15) is 0 Å². The van der Waals surface area contributed by atoms with Crippen LogP contribution in [0.4, 0.5) is 0 Å². The number of furan rings is 1. The average Bonchev–Trinajstić information content (AvgIpc) is 2.83. The van der Waals surface area contributed by atoms with Crippen molar-refractivity contribution in [3.05, 3.63) is 22.6 Å². The predicted octanol–water partition coefficient (Wildman–Crippen LogP) is 5.34. The van der Waals surface area contributed by atoms with Crippen molar-refractivity contribution in [1.82, 2.24) is 5.32 Å². The predicted molar refractivity (Wildman–Crippen MR) is 88.0 cm³/mol. The van der Waals surface area contributed by atoms with Crippen LogP contribution < -0.4 is 5.32 Å². The standard InChI is InChI=1S/C17H28BrNO/c1-4-5-13-6-7-14(11-19-12(2)3)15(10-13)17-16(18)8-9-20-17/h8-9,12-15,19H,4-7,10-11H2,1-3H3. The maximum atomic E-state index is 5.79. The van der Waals surface area contributed by atoms with Crippen LogP contribution in [0.3, 0.4) is 0 Å². The third-order valence-corrected chi connectivity index (χ3v) is 5.22. The van der Waals surface area contributed by atoms with Gasteiger partial charge in [-0.15, -0.1) is 0 Å². The van der Waals surface area contributed by atoms with Crippen molar-refractivity contribution in [2.75, 3.05) is 6.54 Å². The Morgan fingerprint density at radius 2 is 2.20 bits per heavy atom. The Balaban J connectivity index is 2.08. The van der Waals surface area contributed by atoms with E-state index in [1.165, 1.54) is 37.9 Å². The van der Waals surface area contributed by atoms with Gasteiger partial charge in [-0.25, -0.2) is 0 Å². The van der Waals surface area contributed by atoms with E-state index in [-0.39, 0.29) is 0 Å². The highest BCUT2D eigenvalue weighted by Gasteiger charge is 2.33. The van der Waals surface area contributed by atoms with Crippen molar-refractivity contribution < 1.29 is 4.42 Å². The highest BCUT2D eigenvalue weighted by Crippen LogP contribution is 2.44. The van der Waals surface area contributed by atoms with Gasteiger partial charge < -0.3 is 9.73 Å². The molecule has 114 valence electrons. The van der Waals surface area contributed by atoms with E-state index in [0.717, 1.165) is 16.9 Å². The Bertz CT molecular complexity index is 401. The summed E-state index contributed by atoms with van der Waals surface area (Å²) in [7, 11) is 0. The van der Waals surface area contributed by atoms with Gasteiger partial charge in [-0.3, -0.25) is 0 Å². The van der Waals surface area contributed by atoms with Crippen molar-refractivity contribution in [3.8, 4) is 0 Å². The fourth-order valence-electron chi connectivity index (χ4n) is 3.51. The first-order valence-electron chi connectivity index (χ1n) is 8.08. The van der Waals surface area contributed by atoms with Gasteiger partial charge >= 0.3 is 0 Å². The fraction of sp³-hybridized carbons (Fsp3) is 0.765. The highest BCUT2D eigenvalue weighted by molar-refractivity contribution is 9.10. The van der Waals surface area contributed by atoms with Crippen molar-refractivity contribution in [2.24, 2.45) is 11.8 Å². The molecule has 0 saturated heterocycles. The minimum absolute atomic E-state index is 0.559. The molecular formula is C17H28BrNO. The molecule has 0 amide bonds. The first kappa shape index (κ1) is 16.1. The first-order chi connectivity index (χ1) is 9.61. The molecule has 1 heterocycles. The lowest BCUT2D eigenvalue weighted by Gasteiger charge is -2.36. The van der Waals surface area contributed by atoms with Gasteiger partial charge in [0, 0.05) is 12.0 Å². The fourth-order valence-corrected chi connectivity index (χ4v) is 4.01. The van der Waals surface area contributed by atoms with Gasteiger partial charge in [0.05, 0.1) is 10.7 Å². The van der Waals surface area contributed by atoms with E-state index in [2.05, 4.69) is 42.0 Å². The normalized spacial score (nSPS) is 27.1. The molecule has 0 spiro atoms. The molecule has 1 aliphatic carbocycles. The molecule has 2 nitrogen and oxygen atoms in total. The summed E-state index contributed by atoms with van der Waals surface area (Å²) in [5.41, 5.74) is 0. The number of nitrogens with one attached hydrogen (secondary N) is 1. The molecule has 1 aromatic rings. The van der Waals surface area contributed by atoms with Gasteiger partial charge in [0.25, 0.3) is 0 Å². The Hall–Kier alpha value is -0.280. The van der Waals surface area contributed by atoms with Crippen LogP contribution in [0.15, 0.2) is 21.2 Å². The summed E-state index contributed by atoms with van der Waals surface area (Å²) in [6, 6.07) is 2.59. The van der Waals surface area contributed by atoms with Crippen molar-refractivity contribution in [3.63, 3.8) is 0 Å². The first-order valence-corrected chi connectivity index (χ1v) is 8.87. The second-order valence-corrected chi connectivity index (χ2v) is 7.38. The Morgan fingerprint density at radius 3 is 2.80 bits per heavy atom. The van der Waals surface area contributed by atoms with E-state index >= 15 is 0 Å². The third kappa shape index (κ3) is 4.11. The summed E-state index contributed by atoms with van der Waals surface area (Å²) in [6.45, 7) is 7.85. The minimum atomic E-state index is 0.559. The number of hydrogen-bond acceptors (Lipinski definition) is 2. The smallest absolute Gasteiger partial charge is 0.121 e. The van der Waals surface area contributed by atoms with Crippen LogP contribution in [0.25, 0.3) is 0 Å². The van der Waals surface area contributed by atoms with Gasteiger partial charge in [-0.05, 0) is 53.2 Å². The second kappa shape index (κ2) is 7.65. The largest absolute Gasteiger partial charge is 0.468 e. The highest BCUT2D eigenvalue weighted by atomic mass is 79.9. The molecule has 3 heteroatoms. The quantitative estimate of drug-likeness (QED) is 0.755. The van der Waals surface area contributed by atoms with Crippen molar-refractivity contribution in [1.29, 1.82) is 0 Å². The minimum Gasteiger partial charge on any atom is -0.468 e. The molecule has 1 aromatic heterocycles. The summed E-state index contributed by atoms with van der Waals surface area (Å²) in [4.78, 5) is 0. The van der Waals surface area contributed by atoms with Gasteiger partial charge in [0.1, 0.15) is 5.76 Å². The monoisotopic (exact) mass is 341 g/mol. The molecule has 0 bridgehead atoms. The maximum Gasteiger partial charge on any atom is 0.121 e. The lowest BCUT2D eigenvalue weighted by atomic mass is 9.71. The zero-order valence-corrected chi connectivity index (χ0v) is 14.6. The molecule has 0 radical (unpaired) electrons. The van der Waals surface area contributed by atoms with Crippen LogP contribution in [0.5, 0.6) is 0 Å². The lowest BCUT2D eigenvalue weighted by Crippen LogP contribution is -2.35. The van der Waals surface area contributed by atoms with Crippen LogP contribution in [0, 0.1) is 11.8 Å². The van der Waals surface area contributed by atoms with Crippen LogP contribution in [0.1, 0.15) is 64.6 Å². The molecule has 1 saturated carbocycles. The lowest BCUT2D eigenvalue weighted by molar-refractivity contribution is 0.198. The molecule has 20 heavy (non-hydrogen) atoms. The molecule has 3 unspecified atom stereocenters. The van der Waals surface area contributed by atoms with Crippen molar-refractivity contribution >= 4 is 15.9 Å². The van der Waals surface area contributed by atoms with Gasteiger partial charge in [-0.2, -0.15) is 0 Å². The summed E-state index contributed by atoms with van der Waals surface area (Å²) in [5.74, 6) is 3.31. The van der Waals surface area contributed by atoms with Crippen LogP contribution in [-0.2, 0) is 0 Å². The summed E-state index contributed by atoms with van der Waals surface area (Å²) < 4.78 is 6.94. The number of halogens is 1. The average molecular weight is 342 g/mol. The Labute approximate surface area is 131 Å². The molecule has 1 N–H and O–H groups in total. The molecular weight excluding hydrogens is 314 g/mol. The SMILES string of the molecule is CCCC1CCC(CNC(C)C)C(c2occc2Br)C1. The van der Waals surface area contributed by atoms with E-state index < -0.39 is 0 Å². The number of rotatable bonds is 6. The van der Waals surface area contributed by atoms with Gasteiger partial charge in [0.15, 0.2) is 0 Å². The van der Waals surface area contributed by atoms with Crippen molar-refractivity contribution in [2.45, 2.75) is 64.8 Å². The van der Waals surface area contributed by atoms with Crippen LogP contribution >= 0.6 is 15.9 Å². The zero-order chi connectivity index (χ0) is 14.5. The Morgan fingerprint density at radius 1 is 1.40 bits per heavy atom. The Kier molecular flexibility index (Phi) is 6.16. The van der Waals surface area contributed by atoms with E-state index in [1.54, 1.807) is 0 Å². The third-order valence-electron chi connectivity index (χ3n) is 4.57. The van der Waals surface area contributed by atoms with Crippen LogP contribution in [0.2, 0.25) is 0 Å². The van der Waals surface area contributed by atoms with Gasteiger partial charge in [0.2, 0.25) is 0 Å². The van der Waals surface area contributed by atoms with Crippen LogP contribution in [-0.4, -0.2) is 12.6 Å². The summed E-state index contributed by atoms with van der Waals surface area (Å²) >= 11 is 3.65. The van der Waals surface area contributed by atoms with E-state index in [4.69, 9.17) is 4.42 Å². The maximum absolute atomic E-state index is 5.79. The molecule has 0 aromatic carbocycles. The molecule has 1 fully saturated rings. The summed E-state index contributed by atoms with van der Waals surface area (Å²) in [6.07, 6.45) is 8.46. The van der Waals surface area contributed by atoms with Gasteiger partial charge in [-0.1, -0.05) is 40.0 Å². The molecule has 1 aliphatic rings. The molecule has 2 rings (SSSR count). The molecule has 3 atom stereocenters. The summed E-state index contributed by atoms with van der Waals surface area (Å²) in [5, 5.41) is 3.62. The second-order valence-electron chi connectivity index (χ2n) is 6.53.